The first-order chi connectivity index (χ1) is 12.1. The van der Waals surface area contributed by atoms with Gasteiger partial charge >= 0.3 is 0 Å². The van der Waals surface area contributed by atoms with Crippen molar-refractivity contribution >= 4 is 28.3 Å². The second kappa shape index (κ2) is 7.90. The molecule has 0 aliphatic carbocycles. The Hall–Kier alpha value is -2.73. The molecule has 0 bridgehead atoms. The lowest BCUT2D eigenvalue weighted by Crippen LogP contribution is -2.42. The lowest BCUT2D eigenvalue weighted by Gasteiger charge is -2.24. The SMILES string of the molecule is Cc1nsc(N[C@@H](Cc2ccccc2)C(=O)N(C)c2ccccc2)n1. The van der Waals surface area contributed by atoms with E-state index >= 15 is 0 Å². The standard InChI is InChI=1S/C19H20N4OS/c1-14-20-19(25-22-14)21-17(13-15-9-5-3-6-10-15)18(24)23(2)16-11-7-4-8-12-16/h3-12,17H,13H2,1-2H3,(H,20,21,22)/t17-/m0/s1. The number of likely N-dealkylation sites (N-methyl/N-ethyl adjacent to an activating group) is 1. The lowest BCUT2D eigenvalue weighted by atomic mass is 10.0. The molecule has 0 spiro atoms. The quantitative estimate of drug-likeness (QED) is 0.737. The minimum absolute atomic E-state index is 0.0112. The van der Waals surface area contributed by atoms with E-state index in [1.165, 1.54) is 11.5 Å². The van der Waals surface area contributed by atoms with Crippen molar-refractivity contribution in [1.82, 2.24) is 9.36 Å². The molecule has 0 aliphatic rings. The van der Waals surface area contributed by atoms with Gasteiger partial charge in [0.25, 0.3) is 0 Å². The topological polar surface area (TPSA) is 58.1 Å². The van der Waals surface area contributed by atoms with Crippen LogP contribution in [0.25, 0.3) is 0 Å². The fraction of sp³-hybridized carbons (Fsp3) is 0.211. The zero-order valence-corrected chi connectivity index (χ0v) is 15.0. The van der Waals surface area contributed by atoms with Crippen LogP contribution in [0.15, 0.2) is 60.7 Å². The summed E-state index contributed by atoms with van der Waals surface area (Å²) < 4.78 is 4.18. The third kappa shape index (κ3) is 4.42. The Morgan fingerprint density at radius 2 is 1.76 bits per heavy atom. The average molecular weight is 352 g/mol. The predicted molar refractivity (Wildman–Crippen MR) is 102 cm³/mol. The molecule has 5 nitrogen and oxygen atoms in total. The zero-order chi connectivity index (χ0) is 17.6. The molecule has 0 saturated carbocycles. The smallest absolute Gasteiger partial charge is 0.249 e. The van der Waals surface area contributed by atoms with Gasteiger partial charge in [0.1, 0.15) is 11.9 Å². The van der Waals surface area contributed by atoms with E-state index in [2.05, 4.69) is 14.7 Å². The fourth-order valence-corrected chi connectivity index (χ4v) is 3.19. The van der Waals surface area contributed by atoms with Crippen LogP contribution >= 0.6 is 11.5 Å². The number of aryl methyl sites for hydroxylation is 1. The Morgan fingerprint density at radius 1 is 1.12 bits per heavy atom. The average Bonchev–Trinajstić information content (AvgIpc) is 3.06. The highest BCUT2D eigenvalue weighted by Crippen LogP contribution is 2.18. The Balaban J connectivity index is 1.82. The van der Waals surface area contributed by atoms with Crippen LogP contribution in [0.2, 0.25) is 0 Å². The summed E-state index contributed by atoms with van der Waals surface area (Å²) >= 11 is 1.27. The zero-order valence-electron chi connectivity index (χ0n) is 14.2. The first-order valence-corrected chi connectivity index (χ1v) is 8.84. The van der Waals surface area contributed by atoms with Crippen molar-refractivity contribution in [3.8, 4) is 0 Å². The molecule has 0 radical (unpaired) electrons. The third-order valence-electron chi connectivity index (χ3n) is 3.88. The Morgan fingerprint density at radius 3 is 2.36 bits per heavy atom. The number of anilines is 2. The van der Waals surface area contributed by atoms with Gasteiger partial charge in [-0.25, -0.2) is 4.98 Å². The van der Waals surface area contributed by atoms with Crippen molar-refractivity contribution in [2.75, 3.05) is 17.3 Å². The Bertz CT molecular complexity index is 820. The van der Waals surface area contributed by atoms with Crippen LogP contribution in [0, 0.1) is 6.92 Å². The van der Waals surface area contributed by atoms with Crippen LogP contribution in [0.1, 0.15) is 11.4 Å². The molecular formula is C19H20N4OS. The number of aromatic nitrogens is 2. The first-order valence-electron chi connectivity index (χ1n) is 8.07. The third-order valence-corrected chi connectivity index (χ3v) is 4.62. The molecule has 0 aliphatic heterocycles. The van der Waals surface area contributed by atoms with Crippen LogP contribution in [0.5, 0.6) is 0 Å². The summed E-state index contributed by atoms with van der Waals surface area (Å²) in [6.45, 7) is 1.84. The van der Waals surface area contributed by atoms with E-state index in [1.807, 2.05) is 67.6 Å². The molecule has 6 heteroatoms. The van der Waals surface area contributed by atoms with Gasteiger partial charge in [0.05, 0.1) is 0 Å². The van der Waals surface area contributed by atoms with E-state index < -0.39 is 6.04 Å². The van der Waals surface area contributed by atoms with Gasteiger partial charge in [0.2, 0.25) is 11.0 Å². The van der Waals surface area contributed by atoms with Gasteiger partial charge in [0.15, 0.2) is 0 Å². The van der Waals surface area contributed by atoms with Gasteiger partial charge in [-0.3, -0.25) is 4.79 Å². The lowest BCUT2D eigenvalue weighted by molar-refractivity contribution is -0.119. The predicted octanol–water partition coefficient (Wildman–Crippen LogP) is 3.53. The first kappa shape index (κ1) is 17.1. The van der Waals surface area contributed by atoms with Crippen molar-refractivity contribution < 1.29 is 4.79 Å². The van der Waals surface area contributed by atoms with E-state index in [9.17, 15) is 4.79 Å². The number of carbonyl (C=O) groups excluding carboxylic acids is 1. The second-order valence-electron chi connectivity index (χ2n) is 5.77. The van der Waals surface area contributed by atoms with Crippen molar-refractivity contribution in [2.24, 2.45) is 0 Å². The van der Waals surface area contributed by atoms with E-state index in [-0.39, 0.29) is 5.91 Å². The number of rotatable bonds is 6. The fourth-order valence-electron chi connectivity index (χ4n) is 2.57. The number of benzene rings is 2. The number of amides is 1. The molecule has 2 aromatic carbocycles. The summed E-state index contributed by atoms with van der Waals surface area (Å²) in [4.78, 5) is 19.1. The molecule has 3 rings (SSSR count). The summed E-state index contributed by atoms with van der Waals surface area (Å²) in [7, 11) is 1.79. The highest BCUT2D eigenvalue weighted by atomic mass is 32.1. The number of hydrogen-bond donors (Lipinski definition) is 1. The molecule has 0 saturated heterocycles. The monoisotopic (exact) mass is 352 g/mol. The maximum absolute atomic E-state index is 13.1. The number of nitrogens with zero attached hydrogens (tertiary/aromatic N) is 3. The van der Waals surface area contributed by atoms with Gasteiger partial charge in [-0.15, -0.1) is 0 Å². The molecule has 1 aromatic heterocycles. The van der Waals surface area contributed by atoms with E-state index in [0.29, 0.717) is 17.4 Å². The highest BCUT2D eigenvalue weighted by molar-refractivity contribution is 7.09. The van der Waals surface area contributed by atoms with Crippen LogP contribution in [0.3, 0.4) is 0 Å². The van der Waals surface area contributed by atoms with E-state index in [1.54, 1.807) is 11.9 Å². The molecule has 1 N–H and O–H groups in total. The maximum Gasteiger partial charge on any atom is 0.249 e. The number of hydrogen-bond acceptors (Lipinski definition) is 5. The number of nitrogens with one attached hydrogen (secondary N) is 1. The summed E-state index contributed by atoms with van der Waals surface area (Å²) in [6.07, 6.45) is 0.579. The van der Waals surface area contributed by atoms with Crippen LogP contribution in [0.4, 0.5) is 10.8 Å². The van der Waals surface area contributed by atoms with Crippen molar-refractivity contribution in [2.45, 2.75) is 19.4 Å². The molecular weight excluding hydrogens is 332 g/mol. The minimum Gasteiger partial charge on any atom is -0.348 e. The molecule has 1 amide bonds. The molecule has 0 unspecified atom stereocenters. The molecule has 25 heavy (non-hydrogen) atoms. The summed E-state index contributed by atoms with van der Waals surface area (Å²) in [5.74, 6) is 0.692. The van der Waals surface area contributed by atoms with Crippen LogP contribution in [-0.2, 0) is 11.2 Å². The van der Waals surface area contributed by atoms with Crippen molar-refractivity contribution in [3.63, 3.8) is 0 Å². The van der Waals surface area contributed by atoms with Crippen LogP contribution < -0.4 is 10.2 Å². The molecule has 1 atom stereocenters. The maximum atomic E-state index is 13.1. The minimum atomic E-state index is -0.417. The molecule has 3 aromatic rings. The molecule has 0 fully saturated rings. The summed E-state index contributed by atoms with van der Waals surface area (Å²) in [5.41, 5.74) is 1.96. The summed E-state index contributed by atoms with van der Waals surface area (Å²) in [6, 6.07) is 19.2. The van der Waals surface area contributed by atoms with Gasteiger partial charge in [-0.2, -0.15) is 4.37 Å². The van der Waals surface area contributed by atoms with E-state index in [4.69, 9.17) is 0 Å². The Kier molecular flexibility index (Phi) is 5.40. The largest absolute Gasteiger partial charge is 0.348 e. The normalized spacial score (nSPS) is 11.8. The van der Waals surface area contributed by atoms with E-state index in [0.717, 1.165) is 11.3 Å². The molecule has 1 heterocycles. The van der Waals surface area contributed by atoms with Crippen molar-refractivity contribution in [3.05, 3.63) is 72.1 Å². The van der Waals surface area contributed by atoms with Gasteiger partial charge in [-0.1, -0.05) is 48.5 Å². The van der Waals surface area contributed by atoms with Gasteiger partial charge in [-0.05, 0) is 24.6 Å². The molecule has 128 valence electrons. The second-order valence-corrected chi connectivity index (χ2v) is 6.52. The summed E-state index contributed by atoms with van der Waals surface area (Å²) in [5, 5.41) is 3.91. The van der Waals surface area contributed by atoms with Crippen LogP contribution in [-0.4, -0.2) is 28.4 Å². The number of para-hydroxylation sites is 1. The van der Waals surface area contributed by atoms with Crippen molar-refractivity contribution in [1.29, 1.82) is 0 Å². The van der Waals surface area contributed by atoms with Gasteiger partial charge < -0.3 is 10.2 Å². The Labute approximate surface area is 151 Å². The highest BCUT2D eigenvalue weighted by Gasteiger charge is 2.24. The number of carbonyl (C=O) groups is 1. The van der Waals surface area contributed by atoms with Gasteiger partial charge in [0, 0.05) is 30.7 Å².